The highest BCUT2D eigenvalue weighted by Crippen LogP contribution is 2.20. The largest absolute Gasteiger partial charge is 0.354 e. The van der Waals surface area contributed by atoms with E-state index in [1.54, 1.807) is 0 Å². The molecule has 1 N–H and O–H groups in total. The molecule has 5 nitrogen and oxygen atoms in total. The molecule has 1 aliphatic heterocycles. The molecule has 23 heavy (non-hydrogen) atoms. The standard InChI is InChI=1S/C18H22N4O/c1-2-3-14-4-6-15(7-5-14)16-12-20-18(21-13-16)22-10-8-17(23)19-9-11-22/h4-7,12-13H,2-3,8-11H2,1H3,(H,19,23). The van der Waals surface area contributed by atoms with Gasteiger partial charge in [0.2, 0.25) is 11.9 Å². The highest BCUT2D eigenvalue weighted by Gasteiger charge is 2.15. The van der Waals surface area contributed by atoms with E-state index in [0.29, 0.717) is 25.5 Å². The molecule has 0 radical (unpaired) electrons. The minimum absolute atomic E-state index is 0.0938. The summed E-state index contributed by atoms with van der Waals surface area (Å²) in [7, 11) is 0. The predicted molar refractivity (Wildman–Crippen MR) is 91.3 cm³/mol. The average molecular weight is 310 g/mol. The number of anilines is 1. The van der Waals surface area contributed by atoms with E-state index >= 15 is 0 Å². The number of carbonyl (C=O) groups is 1. The monoisotopic (exact) mass is 310 g/mol. The Kier molecular flexibility index (Phi) is 4.86. The zero-order chi connectivity index (χ0) is 16.1. The number of aryl methyl sites for hydroxylation is 1. The number of nitrogens with one attached hydrogen (secondary N) is 1. The number of rotatable bonds is 4. The molecule has 0 bridgehead atoms. The van der Waals surface area contributed by atoms with Gasteiger partial charge in [-0.25, -0.2) is 9.97 Å². The number of nitrogens with zero attached hydrogens (tertiary/aromatic N) is 3. The van der Waals surface area contributed by atoms with Crippen molar-refractivity contribution in [3.8, 4) is 11.1 Å². The first kappa shape index (κ1) is 15.5. The van der Waals surface area contributed by atoms with Gasteiger partial charge in [0.1, 0.15) is 0 Å². The van der Waals surface area contributed by atoms with Gasteiger partial charge >= 0.3 is 0 Å². The summed E-state index contributed by atoms with van der Waals surface area (Å²) in [5, 5.41) is 2.86. The molecular weight excluding hydrogens is 288 g/mol. The fourth-order valence-electron chi connectivity index (χ4n) is 2.75. The lowest BCUT2D eigenvalue weighted by molar-refractivity contribution is -0.120. The van der Waals surface area contributed by atoms with E-state index in [-0.39, 0.29) is 5.91 Å². The molecular formula is C18H22N4O. The van der Waals surface area contributed by atoms with Crippen molar-refractivity contribution < 1.29 is 4.79 Å². The second kappa shape index (κ2) is 7.22. The first-order chi connectivity index (χ1) is 11.3. The van der Waals surface area contributed by atoms with Crippen LogP contribution in [0.25, 0.3) is 11.1 Å². The van der Waals surface area contributed by atoms with E-state index < -0.39 is 0 Å². The average Bonchev–Trinajstić information content (AvgIpc) is 2.81. The zero-order valence-corrected chi connectivity index (χ0v) is 13.5. The summed E-state index contributed by atoms with van der Waals surface area (Å²) in [6, 6.07) is 8.58. The molecule has 1 aromatic heterocycles. The molecule has 3 rings (SSSR count). The van der Waals surface area contributed by atoms with Crippen LogP contribution in [-0.4, -0.2) is 35.5 Å². The second-order valence-electron chi connectivity index (χ2n) is 5.81. The van der Waals surface area contributed by atoms with Crippen LogP contribution in [-0.2, 0) is 11.2 Å². The molecule has 0 aliphatic carbocycles. The normalized spacial score (nSPS) is 15.2. The maximum Gasteiger partial charge on any atom is 0.225 e. The van der Waals surface area contributed by atoms with Crippen molar-refractivity contribution in [3.05, 3.63) is 42.2 Å². The van der Waals surface area contributed by atoms with Crippen LogP contribution in [0.4, 0.5) is 5.95 Å². The van der Waals surface area contributed by atoms with Crippen LogP contribution in [0, 0.1) is 0 Å². The van der Waals surface area contributed by atoms with E-state index in [4.69, 9.17) is 0 Å². The van der Waals surface area contributed by atoms with E-state index in [1.165, 1.54) is 5.56 Å². The molecule has 1 amide bonds. The fraction of sp³-hybridized carbons (Fsp3) is 0.389. The molecule has 5 heteroatoms. The van der Waals surface area contributed by atoms with Crippen LogP contribution in [0.1, 0.15) is 25.3 Å². The van der Waals surface area contributed by atoms with Crippen LogP contribution in [0.5, 0.6) is 0 Å². The topological polar surface area (TPSA) is 58.1 Å². The van der Waals surface area contributed by atoms with Crippen molar-refractivity contribution in [1.29, 1.82) is 0 Å². The lowest BCUT2D eigenvalue weighted by Gasteiger charge is -2.19. The SMILES string of the molecule is CCCc1ccc(-c2cnc(N3CCNC(=O)CC3)nc2)cc1. The van der Waals surface area contributed by atoms with E-state index in [0.717, 1.165) is 30.5 Å². The number of benzene rings is 1. The Bertz CT molecular complexity index is 652. The highest BCUT2D eigenvalue weighted by molar-refractivity contribution is 5.77. The van der Waals surface area contributed by atoms with Gasteiger partial charge in [0, 0.05) is 44.0 Å². The molecule has 1 aromatic carbocycles. The summed E-state index contributed by atoms with van der Waals surface area (Å²) in [5.41, 5.74) is 3.50. The smallest absolute Gasteiger partial charge is 0.225 e. The number of hydrogen-bond acceptors (Lipinski definition) is 4. The van der Waals surface area contributed by atoms with Crippen LogP contribution < -0.4 is 10.2 Å². The third-order valence-electron chi connectivity index (χ3n) is 4.06. The molecule has 0 saturated carbocycles. The van der Waals surface area contributed by atoms with Gasteiger partial charge in [0.25, 0.3) is 0 Å². The number of carbonyl (C=O) groups excluding carboxylic acids is 1. The van der Waals surface area contributed by atoms with Gasteiger partial charge < -0.3 is 10.2 Å². The van der Waals surface area contributed by atoms with Gasteiger partial charge in [-0.2, -0.15) is 0 Å². The van der Waals surface area contributed by atoms with Crippen molar-refractivity contribution in [1.82, 2.24) is 15.3 Å². The Labute approximate surface area is 136 Å². The summed E-state index contributed by atoms with van der Waals surface area (Å²) in [4.78, 5) is 22.4. The highest BCUT2D eigenvalue weighted by atomic mass is 16.1. The molecule has 2 aromatic rings. The van der Waals surface area contributed by atoms with Crippen molar-refractivity contribution in [2.45, 2.75) is 26.2 Å². The summed E-state index contributed by atoms with van der Waals surface area (Å²) >= 11 is 0. The fourth-order valence-corrected chi connectivity index (χ4v) is 2.75. The van der Waals surface area contributed by atoms with Gasteiger partial charge in [-0.05, 0) is 17.5 Å². The molecule has 1 fully saturated rings. The first-order valence-corrected chi connectivity index (χ1v) is 8.19. The lowest BCUT2D eigenvalue weighted by atomic mass is 10.0. The summed E-state index contributed by atoms with van der Waals surface area (Å²) in [6.07, 6.45) is 6.47. The maximum absolute atomic E-state index is 11.4. The summed E-state index contributed by atoms with van der Waals surface area (Å²) < 4.78 is 0. The third kappa shape index (κ3) is 3.86. The molecule has 0 atom stereocenters. The predicted octanol–water partition coefficient (Wildman–Crippen LogP) is 2.42. The molecule has 0 spiro atoms. The van der Waals surface area contributed by atoms with Crippen LogP contribution in [0.3, 0.4) is 0 Å². The van der Waals surface area contributed by atoms with Gasteiger partial charge in [-0.15, -0.1) is 0 Å². The molecule has 0 unspecified atom stereocenters. The minimum Gasteiger partial charge on any atom is -0.354 e. The molecule has 120 valence electrons. The van der Waals surface area contributed by atoms with Crippen molar-refractivity contribution in [2.24, 2.45) is 0 Å². The number of amides is 1. The summed E-state index contributed by atoms with van der Waals surface area (Å²) in [5.74, 6) is 0.782. The first-order valence-electron chi connectivity index (χ1n) is 8.19. The van der Waals surface area contributed by atoms with Crippen molar-refractivity contribution in [3.63, 3.8) is 0 Å². The van der Waals surface area contributed by atoms with Crippen LogP contribution in [0.15, 0.2) is 36.7 Å². The van der Waals surface area contributed by atoms with Gasteiger partial charge in [-0.3, -0.25) is 4.79 Å². The Balaban J connectivity index is 1.72. The Morgan fingerprint density at radius 3 is 2.52 bits per heavy atom. The van der Waals surface area contributed by atoms with Crippen LogP contribution in [0.2, 0.25) is 0 Å². The third-order valence-corrected chi connectivity index (χ3v) is 4.06. The molecule has 1 saturated heterocycles. The Morgan fingerprint density at radius 2 is 1.83 bits per heavy atom. The van der Waals surface area contributed by atoms with Crippen molar-refractivity contribution in [2.75, 3.05) is 24.5 Å². The molecule has 1 aliphatic rings. The Hall–Kier alpha value is -2.43. The molecule has 2 heterocycles. The quantitative estimate of drug-likeness (QED) is 0.942. The minimum atomic E-state index is 0.0938. The van der Waals surface area contributed by atoms with Crippen molar-refractivity contribution >= 4 is 11.9 Å². The lowest BCUT2D eigenvalue weighted by Crippen LogP contribution is -2.29. The second-order valence-corrected chi connectivity index (χ2v) is 5.81. The van der Waals surface area contributed by atoms with E-state index in [2.05, 4.69) is 46.5 Å². The van der Waals surface area contributed by atoms with E-state index in [9.17, 15) is 4.79 Å². The van der Waals surface area contributed by atoms with Gasteiger partial charge in [-0.1, -0.05) is 37.6 Å². The summed E-state index contributed by atoms with van der Waals surface area (Å²) in [6.45, 7) is 4.24. The maximum atomic E-state index is 11.4. The Morgan fingerprint density at radius 1 is 1.09 bits per heavy atom. The van der Waals surface area contributed by atoms with Gasteiger partial charge in [0.05, 0.1) is 0 Å². The number of hydrogen-bond donors (Lipinski definition) is 1. The zero-order valence-electron chi connectivity index (χ0n) is 13.5. The van der Waals surface area contributed by atoms with Crippen LogP contribution >= 0.6 is 0 Å². The van der Waals surface area contributed by atoms with Gasteiger partial charge in [0.15, 0.2) is 0 Å². The van der Waals surface area contributed by atoms with E-state index in [1.807, 2.05) is 17.3 Å². The number of aromatic nitrogens is 2.